The summed E-state index contributed by atoms with van der Waals surface area (Å²) < 4.78 is 5.65. The molecular weight excluding hydrogens is 270 g/mol. The van der Waals surface area contributed by atoms with E-state index in [1.165, 1.54) is 6.07 Å². The minimum absolute atomic E-state index is 0.0966. The van der Waals surface area contributed by atoms with E-state index in [0.29, 0.717) is 24.3 Å². The second-order valence-corrected chi connectivity index (χ2v) is 4.93. The Labute approximate surface area is 124 Å². The van der Waals surface area contributed by atoms with Crippen LogP contribution >= 0.6 is 0 Å². The van der Waals surface area contributed by atoms with Crippen molar-refractivity contribution in [1.29, 1.82) is 5.26 Å². The van der Waals surface area contributed by atoms with E-state index in [-0.39, 0.29) is 11.7 Å². The maximum absolute atomic E-state index is 10.8. The molecule has 0 aliphatic carbocycles. The maximum atomic E-state index is 10.8. The van der Waals surface area contributed by atoms with Crippen LogP contribution in [-0.4, -0.2) is 24.1 Å². The minimum Gasteiger partial charge on any atom is -0.493 e. The Hall–Kier alpha value is -2.13. The molecule has 0 aliphatic heterocycles. The smallest absolute Gasteiger partial charge is 0.272 e. The number of hydrogen-bond donors (Lipinski definition) is 1. The van der Waals surface area contributed by atoms with E-state index in [4.69, 9.17) is 10.00 Å². The molecule has 6 heteroatoms. The maximum Gasteiger partial charge on any atom is 0.272 e. The highest BCUT2D eigenvalue weighted by Gasteiger charge is 2.14. The number of rotatable bonds is 8. The van der Waals surface area contributed by atoms with E-state index < -0.39 is 4.92 Å². The first kappa shape index (κ1) is 16.9. The van der Waals surface area contributed by atoms with Crippen molar-refractivity contribution in [2.24, 2.45) is 0 Å². The number of nitro benzene ring substituents is 1. The van der Waals surface area contributed by atoms with E-state index in [2.05, 4.69) is 11.4 Å². The van der Waals surface area contributed by atoms with Gasteiger partial charge in [0.2, 0.25) is 0 Å². The van der Waals surface area contributed by atoms with Gasteiger partial charge in [-0.05, 0) is 38.4 Å². The molecule has 21 heavy (non-hydrogen) atoms. The van der Waals surface area contributed by atoms with Gasteiger partial charge in [0.1, 0.15) is 5.75 Å². The van der Waals surface area contributed by atoms with E-state index >= 15 is 0 Å². The first-order valence-electron chi connectivity index (χ1n) is 7.01. The molecule has 1 unspecified atom stereocenters. The summed E-state index contributed by atoms with van der Waals surface area (Å²) in [4.78, 5) is 10.5. The molecule has 0 spiro atoms. The number of aryl methyl sites for hydroxylation is 2. The van der Waals surface area contributed by atoms with Crippen LogP contribution < -0.4 is 10.1 Å². The van der Waals surface area contributed by atoms with Crippen LogP contribution in [-0.2, 0) is 0 Å². The number of hydrogen-bond acceptors (Lipinski definition) is 5. The number of nitriles is 1. The largest absolute Gasteiger partial charge is 0.493 e. The number of nitro groups is 1. The Morgan fingerprint density at radius 3 is 2.71 bits per heavy atom. The van der Waals surface area contributed by atoms with Gasteiger partial charge in [-0.2, -0.15) is 5.26 Å². The van der Waals surface area contributed by atoms with E-state index in [9.17, 15) is 10.1 Å². The zero-order valence-corrected chi connectivity index (χ0v) is 12.7. The fourth-order valence-electron chi connectivity index (χ4n) is 1.94. The van der Waals surface area contributed by atoms with E-state index in [1.807, 2.05) is 6.92 Å². The average Bonchev–Trinajstić information content (AvgIpc) is 2.45. The Kier molecular flexibility index (Phi) is 6.63. The summed E-state index contributed by atoms with van der Waals surface area (Å²) in [7, 11) is 0. The number of nitrogens with zero attached hydrogens (tertiary/aromatic N) is 2. The highest BCUT2D eigenvalue weighted by Crippen LogP contribution is 2.27. The molecule has 114 valence electrons. The summed E-state index contributed by atoms with van der Waals surface area (Å²) in [5, 5.41) is 23.0. The number of ether oxygens (including phenoxy) is 1. The first-order chi connectivity index (χ1) is 9.99. The van der Waals surface area contributed by atoms with Gasteiger partial charge in [0, 0.05) is 18.1 Å². The molecule has 1 aromatic rings. The van der Waals surface area contributed by atoms with Gasteiger partial charge in [-0.15, -0.1) is 0 Å². The normalized spacial score (nSPS) is 11.7. The van der Waals surface area contributed by atoms with Gasteiger partial charge in [-0.3, -0.25) is 10.1 Å². The molecule has 1 atom stereocenters. The topological polar surface area (TPSA) is 88.2 Å². The second-order valence-electron chi connectivity index (χ2n) is 4.93. The van der Waals surface area contributed by atoms with Gasteiger partial charge >= 0.3 is 0 Å². The van der Waals surface area contributed by atoms with Gasteiger partial charge in [-0.1, -0.05) is 6.92 Å². The average molecular weight is 291 g/mol. The van der Waals surface area contributed by atoms with Crippen molar-refractivity contribution in [2.45, 2.75) is 39.7 Å². The van der Waals surface area contributed by atoms with Crippen LogP contribution in [0.1, 0.15) is 30.9 Å². The lowest BCUT2D eigenvalue weighted by atomic mass is 10.1. The fraction of sp³-hybridized carbons (Fsp3) is 0.533. The molecule has 0 aromatic heterocycles. The zero-order valence-electron chi connectivity index (χ0n) is 12.7. The predicted molar refractivity (Wildman–Crippen MR) is 80.4 cm³/mol. The molecule has 1 rings (SSSR count). The third kappa shape index (κ3) is 5.04. The van der Waals surface area contributed by atoms with Crippen molar-refractivity contribution in [2.75, 3.05) is 13.2 Å². The van der Waals surface area contributed by atoms with Crippen LogP contribution in [0.2, 0.25) is 0 Å². The van der Waals surface area contributed by atoms with Crippen molar-refractivity contribution >= 4 is 5.69 Å². The molecule has 6 nitrogen and oxygen atoms in total. The summed E-state index contributed by atoms with van der Waals surface area (Å²) in [6.07, 6.45) is 1.55. The van der Waals surface area contributed by atoms with Gasteiger partial charge in [0.05, 0.1) is 23.6 Å². The van der Waals surface area contributed by atoms with Crippen molar-refractivity contribution in [3.63, 3.8) is 0 Å². The van der Waals surface area contributed by atoms with Gasteiger partial charge in [0.25, 0.3) is 5.69 Å². The summed E-state index contributed by atoms with van der Waals surface area (Å²) in [5.41, 5.74) is 1.39. The summed E-state index contributed by atoms with van der Waals surface area (Å²) in [6.45, 7) is 6.70. The van der Waals surface area contributed by atoms with Crippen LogP contribution in [0.4, 0.5) is 5.69 Å². The molecule has 0 fully saturated rings. The number of benzene rings is 1. The quantitative estimate of drug-likeness (QED) is 0.587. The van der Waals surface area contributed by atoms with Gasteiger partial charge in [0.15, 0.2) is 0 Å². The molecule has 1 aromatic carbocycles. The lowest BCUT2D eigenvalue weighted by molar-refractivity contribution is -0.385. The molecule has 0 aliphatic rings. The minimum atomic E-state index is -0.396. The standard InChI is InChI=1S/C15H21N3O3/c1-4-6-17-13(10-16)5-7-21-15-9-11(2)14(18(19)20)8-12(15)3/h8-9,13,17H,4-7H2,1-3H3. The van der Waals surface area contributed by atoms with Crippen molar-refractivity contribution in [3.05, 3.63) is 33.4 Å². The molecule has 0 amide bonds. The SMILES string of the molecule is CCCNC(C#N)CCOc1cc(C)c([N+](=O)[O-])cc1C. The Morgan fingerprint density at radius 1 is 1.43 bits per heavy atom. The molecule has 0 saturated carbocycles. The van der Waals surface area contributed by atoms with Crippen molar-refractivity contribution in [3.8, 4) is 11.8 Å². The van der Waals surface area contributed by atoms with Crippen molar-refractivity contribution < 1.29 is 9.66 Å². The predicted octanol–water partition coefficient (Wildman–Crippen LogP) is 2.87. The van der Waals surface area contributed by atoms with E-state index in [1.54, 1.807) is 19.9 Å². The van der Waals surface area contributed by atoms with Crippen LogP contribution in [0, 0.1) is 35.3 Å². The summed E-state index contributed by atoms with van der Waals surface area (Å²) in [5.74, 6) is 0.630. The van der Waals surface area contributed by atoms with E-state index in [0.717, 1.165) is 18.5 Å². The monoisotopic (exact) mass is 291 g/mol. The molecule has 0 bridgehead atoms. The lowest BCUT2D eigenvalue weighted by Crippen LogP contribution is -2.29. The van der Waals surface area contributed by atoms with Crippen LogP contribution in [0.15, 0.2) is 12.1 Å². The van der Waals surface area contributed by atoms with Crippen molar-refractivity contribution in [1.82, 2.24) is 5.32 Å². The Balaban J connectivity index is 2.62. The molecule has 0 saturated heterocycles. The lowest BCUT2D eigenvalue weighted by Gasteiger charge is -2.13. The Bertz CT molecular complexity index is 538. The Morgan fingerprint density at radius 2 is 2.14 bits per heavy atom. The highest BCUT2D eigenvalue weighted by molar-refractivity contribution is 5.49. The number of nitrogens with one attached hydrogen (secondary N) is 1. The molecular formula is C15H21N3O3. The fourth-order valence-corrected chi connectivity index (χ4v) is 1.94. The summed E-state index contributed by atoms with van der Waals surface area (Å²) in [6, 6.07) is 5.15. The molecule has 0 radical (unpaired) electrons. The third-order valence-corrected chi connectivity index (χ3v) is 3.15. The third-order valence-electron chi connectivity index (χ3n) is 3.15. The van der Waals surface area contributed by atoms with Gasteiger partial charge in [-0.25, -0.2) is 0 Å². The highest BCUT2D eigenvalue weighted by atomic mass is 16.6. The summed E-state index contributed by atoms with van der Waals surface area (Å²) >= 11 is 0. The van der Waals surface area contributed by atoms with Gasteiger partial charge < -0.3 is 10.1 Å². The first-order valence-corrected chi connectivity index (χ1v) is 7.01. The molecule has 1 N–H and O–H groups in total. The van der Waals surface area contributed by atoms with Crippen LogP contribution in [0.25, 0.3) is 0 Å². The second kappa shape index (κ2) is 8.22. The van der Waals surface area contributed by atoms with Crippen LogP contribution in [0.5, 0.6) is 5.75 Å². The molecule has 0 heterocycles. The van der Waals surface area contributed by atoms with Crippen LogP contribution in [0.3, 0.4) is 0 Å². The zero-order chi connectivity index (χ0) is 15.8.